The van der Waals surface area contributed by atoms with Crippen molar-refractivity contribution in [1.82, 2.24) is 10.3 Å². The molecular weight excluding hydrogens is 287 g/mol. The van der Waals surface area contributed by atoms with Gasteiger partial charge in [0.15, 0.2) is 11.6 Å². The van der Waals surface area contributed by atoms with E-state index in [1.54, 1.807) is 36.5 Å². The summed E-state index contributed by atoms with van der Waals surface area (Å²) in [5.41, 5.74) is 1.42. The molecule has 1 aromatic heterocycles. The first-order valence-corrected chi connectivity index (χ1v) is 7.96. The molecule has 114 valence electrons. The van der Waals surface area contributed by atoms with Crippen LogP contribution in [0.2, 0.25) is 0 Å². The first-order chi connectivity index (χ1) is 10.1. The number of benzene rings is 1. The van der Waals surface area contributed by atoms with Crippen molar-refractivity contribution < 1.29 is 9.13 Å². The van der Waals surface area contributed by atoms with Crippen LogP contribution in [0, 0.1) is 18.7 Å². The molecule has 3 nitrogen and oxygen atoms in total. The number of ether oxygens (including phenoxy) is 1. The fraction of sp³-hybridized carbons (Fsp3) is 0.438. The maximum Gasteiger partial charge on any atom is 0.167 e. The van der Waals surface area contributed by atoms with Gasteiger partial charge in [-0.1, -0.05) is 26.0 Å². The van der Waals surface area contributed by atoms with E-state index >= 15 is 0 Å². The maximum absolute atomic E-state index is 13.8. The monoisotopic (exact) mass is 308 g/mol. The van der Waals surface area contributed by atoms with Crippen LogP contribution in [-0.4, -0.2) is 11.5 Å². The van der Waals surface area contributed by atoms with Crippen molar-refractivity contribution in [3.05, 3.63) is 45.7 Å². The molecule has 1 heterocycles. The van der Waals surface area contributed by atoms with Gasteiger partial charge in [-0.15, -0.1) is 11.3 Å². The normalized spacial score (nSPS) is 11.1. The van der Waals surface area contributed by atoms with Crippen LogP contribution in [0.25, 0.3) is 0 Å². The van der Waals surface area contributed by atoms with Crippen molar-refractivity contribution >= 4 is 11.3 Å². The Bertz CT molecular complexity index is 583. The summed E-state index contributed by atoms with van der Waals surface area (Å²) in [6, 6.07) is 5.15. The van der Waals surface area contributed by atoms with E-state index in [4.69, 9.17) is 4.74 Å². The van der Waals surface area contributed by atoms with Crippen molar-refractivity contribution in [2.45, 2.75) is 33.9 Å². The van der Waals surface area contributed by atoms with Gasteiger partial charge in [0.2, 0.25) is 0 Å². The highest BCUT2D eigenvalue weighted by Gasteiger charge is 2.08. The predicted octanol–water partition coefficient (Wildman–Crippen LogP) is 3.92. The zero-order valence-electron chi connectivity index (χ0n) is 12.6. The third-order valence-corrected chi connectivity index (χ3v) is 3.86. The van der Waals surface area contributed by atoms with Gasteiger partial charge >= 0.3 is 0 Å². The molecule has 0 aliphatic heterocycles. The summed E-state index contributed by atoms with van der Waals surface area (Å²) < 4.78 is 19.3. The number of nitrogens with one attached hydrogen (secondary N) is 1. The van der Waals surface area contributed by atoms with E-state index in [0.717, 1.165) is 23.8 Å². The third kappa shape index (κ3) is 4.79. The van der Waals surface area contributed by atoms with Gasteiger partial charge in [-0.2, -0.15) is 0 Å². The molecule has 0 atom stereocenters. The summed E-state index contributed by atoms with van der Waals surface area (Å²) in [4.78, 5) is 4.48. The van der Waals surface area contributed by atoms with E-state index in [9.17, 15) is 4.39 Å². The third-order valence-electron chi connectivity index (χ3n) is 2.96. The second-order valence-corrected chi connectivity index (χ2v) is 6.38. The highest BCUT2D eigenvalue weighted by molar-refractivity contribution is 7.09. The van der Waals surface area contributed by atoms with Crippen molar-refractivity contribution in [3.8, 4) is 5.75 Å². The molecule has 0 fully saturated rings. The fourth-order valence-electron chi connectivity index (χ4n) is 1.85. The first-order valence-electron chi connectivity index (χ1n) is 7.08. The molecule has 2 rings (SSSR count). The molecule has 1 N–H and O–H groups in total. The van der Waals surface area contributed by atoms with E-state index in [2.05, 4.69) is 24.1 Å². The van der Waals surface area contributed by atoms with Crippen molar-refractivity contribution in [3.63, 3.8) is 0 Å². The van der Waals surface area contributed by atoms with Crippen molar-refractivity contribution in [2.24, 2.45) is 5.92 Å². The van der Waals surface area contributed by atoms with Crippen LogP contribution >= 0.6 is 11.3 Å². The summed E-state index contributed by atoms with van der Waals surface area (Å²) in [6.45, 7) is 8.10. The van der Waals surface area contributed by atoms with Crippen LogP contribution in [0.4, 0.5) is 4.39 Å². The zero-order valence-corrected chi connectivity index (χ0v) is 13.5. The molecule has 0 unspecified atom stereocenters. The van der Waals surface area contributed by atoms with E-state index in [0.29, 0.717) is 18.1 Å². The summed E-state index contributed by atoms with van der Waals surface area (Å²) in [5, 5.41) is 6.34. The van der Waals surface area contributed by atoms with Crippen LogP contribution in [0.15, 0.2) is 23.6 Å². The molecule has 5 heteroatoms. The summed E-state index contributed by atoms with van der Waals surface area (Å²) in [7, 11) is 0. The molecule has 0 bridgehead atoms. The Morgan fingerprint density at radius 1 is 1.38 bits per heavy atom. The Kier molecular flexibility index (Phi) is 5.70. The van der Waals surface area contributed by atoms with Crippen LogP contribution in [-0.2, 0) is 13.2 Å². The number of hydrogen-bond donors (Lipinski definition) is 1. The number of thiazole rings is 1. The minimum absolute atomic E-state index is 0.280. The molecule has 1 aromatic carbocycles. The Labute approximate surface area is 129 Å². The van der Waals surface area contributed by atoms with Gasteiger partial charge in [0.25, 0.3) is 0 Å². The van der Waals surface area contributed by atoms with E-state index in [1.807, 2.05) is 5.38 Å². The lowest BCUT2D eigenvalue weighted by atomic mass is 10.2. The highest BCUT2D eigenvalue weighted by atomic mass is 32.1. The Hall–Kier alpha value is -1.46. The average molecular weight is 308 g/mol. The van der Waals surface area contributed by atoms with Gasteiger partial charge in [0.05, 0.1) is 5.69 Å². The standard InChI is InChI=1S/C16H21FN2OS/c1-11(2)7-18-8-15-19-13(10-21-15)9-20-14-6-4-5-12(3)16(14)17/h4-6,10-11,18H,7-9H2,1-3H3. The lowest BCUT2D eigenvalue weighted by molar-refractivity contribution is 0.285. The number of nitrogens with zero attached hydrogens (tertiary/aromatic N) is 1. The number of aromatic nitrogens is 1. The van der Waals surface area contributed by atoms with E-state index < -0.39 is 0 Å². The summed E-state index contributed by atoms with van der Waals surface area (Å²) in [6.07, 6.45) is 0. The lowest BCUT2D eigenvalue weighted by Crippen LogP contribution is -2.18. The summed E-state index contributed by atoms with van der Waals surface area (Å²) >= 11 is 1.60. The van der Waals surface area contributed by atoms with Gasteiger partial charge in [0.1, 0.15) is 11.6 Å². The zero-order chi connectivity index (χ0) is 15.2. The molecule has 21 heavy (non-hydrogen) atoms. The molecule has 0 amide bonds. The Balaban J connectivity index is 1.86. The molecule has 0 radical (unpaired) electrons. The quantitative estimate of drug-likeness (QED) is 0.842. The van der Waals surface area contributed by atoms with Crippen LogP contribution in [0.3, 0.4) is 0 Å². The molecule has 0 spiro atoms. The Morgan fingerprint density at radius 2 is 2.19 bits per heavy atom. The second-order valence-electron chi connectivity index (χ2n) is 5.43. The van der Waals surface area contributed by atoms with E-state index in [-0.39, 0.29) is 11.6 Å². The largest absolute Gasteiger partial charge is 0.484 e. The van der Waals surface area contributed by atoms with Gasteiger partial charge in [-0.3, -0.25) is 0 Å². The first kappa shape index (κ1) is 15.9. The molecule has 0 saturated heterocycles. The molecular formula is C16H21FN2OS. The topological polar surface area (TPSA) is 34.1 Å². The second kappa shape index (κ2) is 7.52. The smallest absolute Gasteiger partial charge is 0.167 e. The predicted molar refractivity (Wildman–Crippen MR) is 84.1 cm³/mol. The van der Waals surface area contributed by atoms with Crippen LogP contribution in [0.1, 0.15) is 30.1 Å². The lowest BCUT2D eigenvalue weighted by Gasteiger charge is -2.07. The maximum atomic E-state index is 13.8. The molecule has 0 saturated carbocycles. The fourth-order valence-corrected chi connectivity index (χ4v) is 2.60. The van der Waals surface area contributed by atoms with E-state index in [1.165, 1.54) is 0 Å². The average Bonchev–Trinajstić information content (AvgIpc) is 2.88. The van der Waals surface area contributed by atoms with Gasteiger partial charge in [0, 0.05) is 11.9 Å². The van der Waals surface area contributed by atoms with Crippen molar-refractivity contribution in [1.29, 1.82) is 0 Å². The number of hydrogen-bond acceptors (Lipinski definition) is 4. The highest BCUT2D eigenvalue weighted by Crippen LogP contribution is 2.21. The van der Waals surface area contributed by atoms with Crippen LogP contribution in [0.5, 0.6) is 5.75 Å². The molecule has 0 aliphatic carbocycles. The van der Waals surface area contributed by atoms with Gasteiger partial charge in [-0.25, -0.2) is 9.37 Å². The summed E-state index contributed by atoms with van der Waals surface area (Å²) in [5.74, 6) is 0.603. The van der Waals surface area contributed by atoms with Gasteiger partial charge in [-0.05, 0) is 31.0 Å². The minimum atomic E-state index is -0.299. The minimum Gasteiger partial charge on any atom is -0.484 e. The number of rotatable bonds is 7. The number of aryl methyl sites for hydroxylation is 1. The number of halogens is 1. The SMILES string of the molecule is Cc1cccc(OCc2csc(CNCC(C)C)n2)c1F. The van der Waals surface area contributed by atoms with Gasteiger partial charge < -0.3 is 10.1 Å². The molecule has 2 aromatic rings. The molecule has 0 aliphatic rings. The van der Waals surface area contributed by atoms with Crippen LogP contribution < -0.4 is 10.1 Å². The van der Waals surface area contributed by atoms with Crippen molar-refractivity contribution in [2.75, 3.05) is 6.54 Å². The Morgan fingerprint density at radius 3 is 2.95 bits per heavy atom.